The second-order valence-electron chi connectivity index (χ2n) is 8.47. The van der Waals surface area contributed by atoms with Gasteiger partial charge in [-0.3, -0.25) is 9.59 Å². The Morgan fingerprint density at radius 1 is 0.900 bits per heavy atom. The summed E-state index contributed by atoms with van der Waals surface area (Å²) in [5.74, 6) is 2.34. The van der Waals surface area contributed by atoms with Gasteiger partial charge in [-0.1, -0.05) is 36.4 Å². The predicted molar refractivity (Wildman–Crippen MR) is 116 cm³/mol. The summed E-state index contributed by atoms with van der Waals surface area (Å²) in [6.07, 6.45) is 2.00. The molecule has 2 heterocycles. The number of nitrogens with zero attached hydrogens (tertiary/aromatic N) is 2. The van der Waals surface area contributed by atoms with Gasteiger partial charge in [-0.25, -0.2) is 0 Å². The van der Waals surface area contributed by atoms with Crippen LogP contribution in [-0.2, 0) is 4.79 Å². The van der Waals surface area contributed by atoms with E-state index >= 15 is 0 Å². The summed E-state index contributed by atoms with van der Waals surface area (Å²) in [6, 6.07) is 19.4. The monoisotopic (exact) mass is 406 g/mol. The normalized spacial score (nSPS) is 22.2. The van der Waals surface area contributed by atoms with Crippen molar-refractivity contribution in [1.29, 1.82) is 0 Å². The summed E-state index contributed by atoms with van der Waals surface area (Å²) in [7, 11) is 0. The van der Waals surface area contributed by atoms with Crippen LogP contribution in [0.25, 0.3) is 0 Å². The van der Waals surface area contributed by atoms with Crippen molar-refractivity contribution in [1.82, 2.24) is 9.80 Å². The van der Waals surface area contributed by atoms with Crippen molar-refractivity contribution < 1.29 is 14.3 Å². The van der Waals surface area contributed by atoms with Gasteiger partial charge in [0.25, 0.3) is 5.91 Å². The van der Waals surface area contributed by atoms with E-state index in [1.807, 2.05) is 70.5 Å². The van der Waals surface area contributed by atoms with Crippen LogP contribution in [0, 0.1) is 17.8 Å². The second-order valence-corrected chi connectivity index (χ2v) is 8.47. The number of hydrogen-bond donors (Lipinski definition) is 0. The standard InChI is InChI=1S/C25H30N2O3/c1-19(28)26-14-12-20(13-15-26)24-17-27(25(29)21-8-4-2-5-9-21)16-22(24)18-30-23-10-6-3-7-11-23/h2-11,20,22,24H,12-18H2,1H3/t22-,24-/m0/s1. The molecule has 2 atom stereocenters. The number of ether oxygens (including phenoxy) is 1. The highest BCUT2D eigenvalue weighted by atomic mass is 16.5. The van der Waals surface area contributed by atoms with E-state index in [4.69, 9.17) is 4.74 Å². The Morgan fingerprint density at radius 2 is 1.53 bits per heavy atom. The number of piperidine rings is 1. The number of benzene rings is 2. The maximum atomic E-state index is 13.1. The van der Waals surface area contributed by atoms with E-state index in [1.165, 1.54) is 0 Å². The molecule has 2 fully saturated rings. The highest BCUT2D eigenvalue weighted by Gasteiger charge is 2.41. The first-order valence-electron chi connectivity index (χ1n) is 10.9. The topological polar surface area (TPSA) is 49.9 Å². The zero-order chi connectivity index (χ0) is 20.9. The Morgan fingerprint density at radius 3 is 2.17 bits per heavy atom. The molecule has 2 aliphatic rings. The van der Waals surface area contributed by atoms with E-state index in [9.17, 15) is 9.59 Å². The van der Waals surface area contributed by atoms with E-state index in [0.717, 1.165) is 50.3 Å². The quantitative estimate of drug-likeness (QED) is 0.761. The molecule has 0 saturated carbocycles. The molecule has 2 saturated heterocycles. The first-order valence-corrected chi connectivity index (χ1v) is 10.9. The van der Waals surface area contributed by atoms with Gasteiger partial charge in [0.1, 0.15) is 5.75 Å². The fourth-order valence-corrected chi connectivity index (χ4v) is 4.90. The van der Waals surface area contributed by atoms with Crippen LogP contribution in [0.5, 0.6) is 5.75 Å². The number of rotatable bonds is 5. The van der Waals surface area contributed by atoms with E-state index in [1.54, 1.807) is 6.92 Å². The first-order chi connectivity index (χ1) is 14.6. The maximum absolute atomic E-state index is 13.1. The zero-order valence-corrected chi connectivity index (χ0v) is 17.6. The highest BCUT2D eigenvalue weighted by molar-refractivity contribution is 5.94. The zero-order valence-electron chi connectivity index (χ0n) is 17.6. The Kier molecular flexibility index (Phi) is 6.36. The molecule has 2 aromatic rings. The number of carbonyl (C=O) groups is 2. The van der Waals surface area contributed by atoms with Crippen LogP contribution in [-0.4, -0.2) is 54.4 Å². The van der Waals surface area contributed by atoms with Gasteiger partial charge in [0.15, 0.2) is 0 Å². The van der Waals surface area contributed by atoms with Crippen LogP contribution in [0.4, 0.5) is 0 Å². The molecule has 0 aliphatic carbocycles. The largest absolute Gasteiger partial charge is 0.493 e. The minimum atomic E-state index is 0.101. The first kappa shape index (κ1) is 20.5. The molecule has 0 radical (unpaired) electrons. The Labute approximate surface area is 178 Å². The number of hydrogen-bond acceptors (Lipinski definition) is 3. The molecule has 158 valence electrons. The van der Waals surface area contributed by atoms with Crippen molar-refractivity contribution in [3.63, 3.8) is 0 Å². The Balaban J connectivity index is 1.46. The third-order valence-electron chi connectivity index (χ3n) is 6.60. The average Bonchev–Trinajstić information content (AvgIpc) is 3.23. The van der Waals surface area contributed by atoms with Crippen LogP contribution in [0.3, 0.4) is 0 Å². The predicted octanol–water partition coefficient (Wildman–Crippen LogP) is 3.71. The van der Waals surface area contributed by atoms with Gasteiger partial charge >= 0.3 is 0 Å². The molecule has 30 heavy (non-hydrogen) atoms. The number of para-hydroxylation sites is 1. The van der Waals surface area contributed by atoms with Gasteiger partial charge in [-0.2, -0.15) is 0 Å². The molecule has 2 aliphatic heterocycles. The smallest absolute Gasteiger partial charge is 0.253 e. The molecule has 4 rings (SSSR count). The minimum Gasteiger partial charge on any atom is -0.493 e. The average molecular weight is 407 g/mol. The molecule has 0 unspecified atom stereocenters. The third kappa shape index (κ3) is 4.66. The highest BCUT2D eigenvalue weighted by Crippen LogP contribution is 2.36. The van der Waals surface area contributed by atoms with Gasteiger partial charge in [-0.05, 0) is 48.9 Å². The summed E-state index contributed by atoms with van der Waals surface area (Å²) >= 11 is 0. The molecular weight excluding hydrogens is 376 g/mol. The molecule has 0 spiro atoms. The molecule has 5 nitrogen and oxygen atoms in total. The third-order valence-corrected chi connectivity index (χ3v) is 6.60. The number of carbonyl (C=O) groups excluding carboxylic acids is 2. The summed E-state index contributed by atoms with van der Waals surface area (Å²) in [6.45, 7) is 5.37. The number of amides is 2. The van der Waals surface area contributed by atoms with Gasteiger partial charge < -0.3 is 14.5 Å². The molecule has 2 aromatic carbocycles. The van der Waals surface area contributed by atoms with E-state index < -0.39 is 0 Å². The Bertz CT molecular complexity index is 847. The summed E-state index contributed by atoms with van der Waals surface area (Å²) < 4.78 is 6.10. The molecule has 0 bridgehead atoms. The lowest BCUT2D eigenvalue weighted by Crippen LogP contribution is -2.40. The van der Waals surface area contributed by atoms with Gasteiger partial charge in [0, 0.05) is 44.6 Å². The Hall–Kier alpha value is -2.82. The summed E-state index contributed by atoms with van der Waals surface area (Å²) in [4.78, 5) is 28.7. The lowest BCUT2D eigenvalue weighted by molar-refractivity contribution is -0.130. The summed E-state index contributed by atoms with van der Waals surface area (Å²) in [5, 5.41) is 0. The number of likely N-dealkylation sites (tertiary alicyclic amines) is 2. The van der Waals surface area contributed by atoms with Crippen molar-refractivity contribution in [2.45, 2.75) is 19.8 Å². The minimum absolute atomic E-state index is 0.101. The van der Waals surface area contributed by atoms with Crippen LogP contribution < -0.4 is 4.74 Å². The van der Waals surface area contributed by atoms with Crippen LogP contribution >= 0.6 is 0 Å². The second kappa shape index (κ2) is 9.33. The van der Waals surface area contributed by atoms with E-state index in [0.29, 0.717) is 24.4 Å². The van der Waals surface area contributed by atoms with Crippen molar-refractivity contribution in [2.24, 2.45) is 17.8 Å². The lowest BCUT2D eigenvalue weighted by atomic mass is 9.78. The van der Waals surface area contributed by atoms with E-state index in [2.05, 4.69) is 0 Å². The molecule has 0 aromatic heterocycles. The van der Waals surface area contributed by atoms with Crippen LogP contribution in [0.2, 0.25) is 0 Å². The molecular formula is C25H30N2O3. The SMILES string of the molecule is CC(=O)N1CCC([C@@H]2CN(C(=O)c3ccccc3)C[C@H]2COc2ccccc2)CC1. The molecule has 2 amide bonds. The van der Waals surface area contributed by atoms with Crippen LogP contribution in [0.15, 0.2) is 60.7 Å². The van der Waals surface area contributed by atoms with E-state index in [-0.39, 0.29) is 11.8 Å². The van der Waals surface area contributed by atoms with Crippen molar-refractivity contribution >= 4 is 11.8 Å². The van der Waals surface area contributed by atoms with Crippen molar-refractivity contribution in [2.75, 3.05) is 32.8 Å². The van der Waals surface area contributed by atoms with Gasteiger partial charge in [0.2, 0.25) is 5.91 Å². The van der Waals surface area contributed by atoms with Crippen molar-refractivity contribution in [3.8, 4) is 5.75 Å². The van der Waals surface area contributed by atoms with Gasteiger partial charge in [-0.15, -0.1) is 0 Å². The van der Waals surface area contributed by atoms with Crippen LogP contribution in [0.1, 0.15) is 30.1 Å². The maximum Gasteiger partial charge on any atom is 0.253 e. The molecule has 0 N–H and O–H groups in total. The van der Waals surface area contributed by atoms with Gasteiger partial charge in [0.05, 0.1) is 6.61 Å². The molecule has 5 heteroatoms. The summed E-state index contributed by atoms with van der Waals surface area (Å²) in [5.41, 5.74) is 0.743. The fraction of sp³-hybridized carbons (Fsp3) is 0.440. The lowest BCUT2D eigenvalue weighted by Gasteiger charge is -2.36. The van der Waals surface area contributed by atoms with Crippen molar-refractivity contribution in [3.05, 3.63) is 66.2 Å². The fourth-order valence-electron chi connectivity index (χ4n) is 4.90.